The van der Waals surface area contributed by atoms with E-state index in [2.05, 4.69) is 26.1 Å². The van der Waals surface area contributed by atoms with E-state index in [1.807, 2.05) is 6.92 Å². The highest BCUT2D eigenvalue weighted by molar-refractivity contribution is 7.99. The van der Waals surface area contributed by atoms with Gasteiger partial charge in [0.15, 0.2) is 0 Å². The molecule has 1 fully saturated rings. The van der Waals surface area contributed by atoms with Gasteiger partial charge in [0.2, 0.25) is 5.91 Å². The van der Waals surface area contributed by atoms with Crippen LogP contribution in [0.2, 0.25) is 0 Å². The predicted octanol–water partition coefficient (Wildman–Crippen LogP) is 2.53. The number of rotatable bonds is 5. The first-order chi connectivity index (χ1) is 8.65. The zero-order valence-electron chi connectivity index (χ0n) is 12.3. The van der Waals surface area contributed by atoms with Gasteiger partial charge in [-0.15, -0.1) is 0 Å². The average molecular weight is 287 g/mol. The molecule has 1 heterocycles. The minimum atomic E-state index is -1.04. The molecule has 0 aromatic carbocycles. The fourth-order valence-electron chi connectivity index (χ4n) is 2.64. The number of nitrogens with one attached hydrogen (secondary N) is 1. The highest BCUT2D eigenvalue weighted by atomic mass is 32.2. The van der Waals surface area contributed by atoms with Crippen LogP contribution in [0.5, 0.6) is 0 Å². The predicted molar refractivity (Wildman–Crippen MR) is 78.3 cm³/mol. The molecule has 0 bridgehead atoms. The zero-order valence-corrected chi connectivity index (χ0v) is 13.1. The number of carbonyl (C=O) groups excluding carboxylic acids is 1. The van der Waals surface area contributed by atoms with E-state index in [0.717, 1.165) is 12.2 Å². The second-order valence-electron chi connectivity index (χ2n) is 6.81. The molecule has 1 rings (SSSR count). The summed E-state index contributed by atoms with van der Waals surface area (Å²) in [6.07, 6.45) is 1.87. The third-order valence-electron chi connectivity index (χ3n) is 3.30. The molecule has 2 atom stereocenters. The molecule has 1 saturated heterocycles. The number of carbonyl (C=O) groups is 2. The summed E-state index contributed by atoms with van der Waals surface area (Å²) in [5, 5.41) is 12.1. The largest absolute Gasteiger partial charge is 0.479 e. The summed E-state index contributed by atoms with van der Waals surface area (Å²) in [4.78, 5) is 23.4. The molecule has 0 aromatic rings. The Kier molecular flexibility index (Phi) is 5.30. The van der Waals surface area contributed by atoms with Crippen molar-refractivity contribution in [2.45, 2.75) is 52.5 Å². The van der Waals surface area contributed by atoms with Gasteiger partial charge in [0.1, 0.15) is 5.54 Å². The van der Waals surface area contributed by atoms with Gasteiger partial charge in [-0.3, -0.25) is 4.79 Å². The number of hydrogen-bond donors (Lipinski definition) is 2. The van der Waals surface area contributed by atoms with Crippen LogP contribution in [0, 0.1) is 11.3 Å². The van der Waals surface area contributed by atoms with Crippen LogP contribution in [-0.4, -0.2) is 34.0 Å². The fraction of sp³-hybridized carbons (Fsp3) is 0.857. The van der Waals surface area contributed by atoms with Crippen molar-refractivity contribution in [1.82, 2.24) is 5.32 Å². The van der Waals surface area contributed by atoms with Crippen molar-refractivity contribution in [2.24, 2.45) is 11.3 Å². The summed E-state index contributed by atoms with van der Waals surface area (Å²) in [7, 11) is 0. The van der Waals surface area contributed by atoms with Crippen molar-refractivity contribution in [2.75, 3.05) is 11.5 Å². The van der Waals surface area contributed by atoms with Gasteiger partial charge in [0.05, 0.1) is 0 Å². The van der Waals surface area contributed by atoms with Crippen LogP contribution in [0.1, 0.15) is 47.0 Å². The highest BCUT2D eigenvalue weighted by Gasteiger charge is 2.43. The smallest absolute Gasteiger partial charge is 0.330 e. The van der Waals surface area contributed by atoms with Gasteiger partial charge >= 0.3 is 5.97 Å². The highest BCUT2D eigenvalue weighted by Crippen LogP contribution is 2.29. The normalized spacial score (nSPS) is 25.1. The molecule has 0 saturated carbocycles. The Labute approximate surface area is 119 Å². The van der Waals surface area contributed by atoms with Crippen molar-refractivity contribution in [1.29, 1.82) is 0 Å². The lowest BCUT2D eigenvalue weighted by atomic mass is 9.84. The molecule has 1 amide bonds. The molecule has 19 heavy (non-hydrogen) atoms. The van der Waals surface area contributed by atoms with E-state index in [1.54, 1.807) is 11.8 Å². The first kappa shape index (κ1) is 16.3. The minimum absolute atomic E-state index is 0.137. The van der Waals surface area contributed by atoms with Crippen LogP contribution in [0.25, 0.3) is 0 Å². The minimum Gasteiger partial charge on any atom is -0.479 e. The number of thioether (sulfide) groups is 1. The van der Waals surface area contributed by atoms with Crippen LogP contribution in [0.3, 0.4) is 0 Å². The zero-order chi connectivity index (χ0) is 14.7. The van der Waals surface area contributed by atoms with E-state index in [1.165, 1.54) is 0 Å². The molecule has 2 N–H and O–H groups in total. The van der Waals surface area contributed by atoms with Crippen LogP contribution in [-0.2, 0) is 9.59 Å². The van der Waals surface area contributed by atoms with Gasteiger partial charge in [-0.05, 0) is 29.9 Å². The molecular formula is C14H25NO3S. The third-order valence-corrected chi connectivity index (χ3v) is 4.49. The van der Waals surface area contributed by atoms with Gasteiger partial charge in [-0.1, -0.05) is 27.7 Å². The molecule has 2 unspecified atom stereocenters. The van der Waals surface area contributed by atoms with Crippen LogP contribution >= 0.6 is 11.8 Å². The van der Waals surface area contributed by atoms with Crippen LogP contribution in [0.15, 0.2) is 0 Å². The second kappa shape index (κ2) is 6.16. The Balaban J connectivity index is 2.52. The van der Waals surface area contributed by atoms with Gasteiger partial charge in [-0.2, -0.15) is 11.8 Å². The quantitative estimate of drug-likeness (QED) is 0.815. The average Bonchev–Trinajstić information content (AvgIpc) is 2.63. The summed E-state index contributed by atoms with van der Waals surface area (Å²) in [6, 6.07) is 0. The first-order valence-corrected chi connectivity index (χ1v) is 7.92. The van der Waals surface area contributed by atoms with E-state index in [9.17, 15) is 14.7 Å². The molecule has 110 valence electrons. The van der Waals surface area contributed by atoms with Gasteiger partial charge in [-0.25, -0.2) is 4.79 Å². The molecule has 1 aliphatic heterocycles. The first-order valence-electron chi connectivity index (χ1n) is 6.77. The number of hydrogen-bond acceptors (Lipinski definition) is 3. The topological polar surface area (TPSA) is 66.4 Å². The lowest BCUT2D eigenvalue weighted by molar-refractivity contribution is -0.146. The fourth-order valence-corrected chi connectivity index (χ4v) is 3.96. The Bertz CT molecular complexity index is 343. The van der Waals surface area contributed by atoms with Gasteiger partial charge in [0, 0.05) is 12.2 Å². The SMILES string of the molecule is CC(CC(=O)NC1(C(=O)O)CCSC1)CC(C)(C)C. The summed E-state index contributed by atoms with van der Waals surface area (Å²) in [5.74, 6) is 0.488. The Morgan fingerprint density at radius 3 is 2.47 bits per heavy atom. The maximum absolute atomic E-state index is 12.0. The molecule has 0 radical (unpaired) electrons. The van der Waals surface area contributed by atoms with Crippen LogP contribution in [0.4, 0.5) is 0 Å². The Hall–Kier alpha value is -0.710. The summed E-state index contributed by atoms with van der Waals surface area (Å²) in [5.41, 5.74) is -0.851. The monoisotopic (exact) mass is 287 g/mol. The lowest BCUT2D eigenvalue weighted by Gasteiger charge is -2.27. The van der Waals surface area contributed by atoms with Crippen molar-refractivity contribution in [3.8, 4) is 0 Å². The van der Waals surface area contributed by atoms with Crippen molar-refractivity contribution in [3.63, 3.8) is 0 Å². The number of aliphatic carboxylic acids is 1. The van der Waals surface area contributed by atoms with Crippen molar-refractivity contribution < 1.29 is 14.7 Å². The molecular weight excluding hydrogens is 262 g/mol. The van der Waals surface area contributed by atoms with E-state index in [-0.39, 0.29) is 17.2 Å². The maximum atomic E-state index is 12.0. The molecule has 0 aliphatic carbocycles. The van der Waals surface area contributed by atoms with E-state index >= 15 is 0 Å². The van der Waals surface area contributed by atoms with Gasteiger partial charge < -0.3 is 10.4 Å². The molecule has 1 aliphatic rings. The lowest BCUT2D eigenvalue weighted by Crippen LogP contribution is -2.55. The summed E-state index contributed by atoms with van der Waals surface area (Å²) >= 11 is 1.58. The molecule has 5 heteroatoms. The number of carboxylic acid groups (broad SMARTS) is 1. The molecule has 4 nitrogen and oxygen atoms in total. The number of carboxylic acids is 1. The second-order valence-corrected chi connectivity index (χ2v) is 7.92. The standard InChI is InChI=1S/C14H25NO3S/c1-10(8-13(2,3)4)7-11(16)15-14(12(17)18)5-6-19-9-14/h10H,5-9H2,1-4H3,(H,15,16)(H,17,18). The Morgan fingerprint density at radius 2 is 2.05 bits per heavy atom. The molecule has 0 aromatic heterocycles. The summed E-state index contributed by atoms with van der Waals surface area (Å²) < 4.78 is 0. The third kappa shape index (κ3) is 5.05. The van der Waals surface area contributed by atoms with E-state index < -0.39 is 11.5 Å². The van der Waals surface area contributed by atoms with Crippen molar-refractivity contribution in [3.05, 3.63) is 0 Å². The van der Waals surface area contributed by atoms with Crippen LogP contribution < -0.4 is 5.32 Å². The van der Waals surface area contributed by atoms with Crippen molar-refractivity contribution >= 4 is 23.6 Å². The van der Waals surface area contributed by atoms with E-state index in [4.69, 9.17) is 0 Å². The summed E-state index contributed by atoms with van der Waals surface area (Å²) in [6.45, 7) is 8.48. The van der Waals surface area contributed by atoms with E-state index in [0.29, 0.717) is 18.6 Å². The number of amides is 1. The van der Waals surface area contributed by atoms with Gasteiger partial charge in [0.25, 0.3) is 0 Å². The molecule has 0 spiro atoms. The maximum Gasteiger partial charge on any atom is 0.330 e. The Morgan fingerprint density at radius 1 is 1.42 bits per heavy atom.